The second kappa shape index (κ2) is 4.47. The van der Waals surface area contributed by atoms with Crippen LogP contribution in [0.5, 0.6) is 0 Å². The summed E-state index contributed by atoms with van der Waals surface area (Å²) in [6.07, 6.45) is 4.10. The van der Waals surface area contributed by atoms with Crippen LogP contribution in [0.25, 0.3) is 0 Å². The van der Waals surface area contributed by atoms with Crippen LogP contribution in [0.1, 0.15) is 6.92 Å². The van der Waals surface area contributed by atoms with Gasteiger partial charge in [-0.2, -0.15) is 0 Å². The van der Waals surface area contributed by atoms with Crippen LogP contribution >= 0.6 is 23.2 Å². The summed E-state index contributed by atoms with van der Waals surface area (Å²) in [5.74, 6) is -3.35. The van der Waals surface area contributed by atoms with Gasteiger partial charge in [0, 0.05) is 11.5 Å². The standard InChI is InChI=1S/C10H10Cl2O4/c1-10(9(15)16)4-2-3-5(8(13)14)6(10)7(11)12/h2-4,6-7H,1H3,(H,13,14)(H,15,16). The lowest BCUT2D eigenvalue weighted by atomic mass is 9.71. The van der Waals surface area contributed by atoms with E-state index in [1.807, 2.05) is 0 Å². The Morgan fingerprint density at radius 3 is 2.38 bits per heavy atom. The number of alkyl halides is 2. The molecule has 16 heavy (non-hydrogen) atoms. The number of carboxylic acids is 2. The lowest BCUT2D eigenvalue weighted by Gasteiger charge is -2.34. The molecule has 0 aromatic rings. The highest BCUT2D eigenvalue weighted by Crippen LogP contribution is 2.43. The molecule has 1 rings (SSSR count). The van der Waals surface area contributed by atoms with Crippen LogP contribution in [-0.2, 0) is 9.59 Å². The van der Waals surface area contributed by atoms with Gasteiger partial charge in [-0.15, -0.1) is 23.2 Å². The summed E-state index contributed by atoms with van der Waals surface area (Å²) in [6.45, 7) is 1.39. The van der Waals surface area contributed by atoms with E-state index in [2.05, 4.69) is 0 Å². The lowest BCUT2D eigenvalue weighted by molar-refractivity contribution is -0.147. The second-order valence-electron chi connectivity index (χ2n) is 3.69. The quantitative estimate of drug-likeness (QED) is 0.766. The Hall–Kier alpha value is -1.00. The average Bonchev–Trinajstić information content (AvgIpc) is 2.16. The van der Waals surface area contributed by atoms with Crippen molar-refractivity contribution in [3.63, 3.8) is 0 Å². The third kappa shape index (κ3) is 2.08. The molecule has 0 bridgehead atoms. The largest absolute Gasteiger partial charge is 0.481 e. The van der Waals surface area contributed by atoms with Gasteiger partial charge in [0.2, 0.25) is 0 Å². The number of rotatable bonds is 3. The summed E-state index contributed by atoms with van der Waals surface area (Å²) < 4.78 is 0. The van der Waals surface area contributed by atoms with Crippen molar-refractivity contribution in [2.45, 2.75) is 11.8 Å². The molecule has 4 nitrogen and oxygen atoms in total. The molecule has 6 heteroatoms. The molecule has 0 radical (unpaired) electrons. The van der Waals surface area contributed by atoms with Gasteiger partial charge in [0.05, 0.1) is 5.41 Å². The van der Waals surface area contributed by atoms with Crippen LogP contribution in [0.2, 0.25) is 0 Å². The van der Waals surface area contributed by atoms with Crippen molar-refractivity contribution in [1.29, 1.82) is 0 Å². The molecule has 0 spiro atoms. The fourth-order valence-electron chi connectivity index (χ4n) is 1.69. The number of aliphatic carboxylic acids is 2. The Balaban J connectivity index is 3.27. The Morgan fingerprint density at radius 2 is 2.00 bits per heavy atom. The van der Waals surface area contributed by atoms with E-state index >= 15 is 0 Å². The normalized spacial score (nSPS) is 29.0. The predicted octanol–water partition coefficient (Wildman–Crippen LogP) is 2.08. The summed E-state index contributed by atoms with van der Waals surface area (Å²) in [7, 11) is 0. The molecule has 0 heterocycles. The first-order valence-electron chi connectivity index (χ1n) is 4.45. The average molecular weight is 265 g/mol. The zero-order chi connectivity index (χ0) is 12.5. The van der Waals surface area contributed by atoms with Crippen molar-refractivity contribution >= 4 is 35.1 Å². The lowest BCUT2D eigenvalue weighted by Crippen LogP contribution is -2.41. The Morgan fingerprint density at radius 1 is 1.44 bits per heavy atom. The highest BCUT2D eigenvalue weighted by Gasteiger charge is 2.47. The fraction of sp³-hybridized carbons (Fsp3) is 0.400. The number of carbonyl (C=O) groups is 2. The van der Waals surface area contributed by atoms with Crippen molar-refractivity contribution in [2.75, 3.05) is 0 Å². The first kappa shape index (κ1) is 13.1. The highest BCUT2D eigenvalue weighted by atomic mass is 35.5. The molecule has 0 aromatic carbocycles. The Kier molecular flexibility index (Phi) is 3.65. The third-order valence-corrected chi connectivity index (χ3v) is 3.16. The topological polar surface area (TPSA) is 74.6 Å². The van der Waals surface area contributed by atoms with Crippen LogP contribution in [0.15, 0.2) is 23.8 Å². The zero-order valence-electron chi connectivity index (χ0n) is 8.35. The van der Waals surface area contributed by atoms with E-state index in [9.17, 15) is 9.59 Å². The van der Waals surface area contributed by atoms with Gasteiger partial charge in [-0.05, 0) is 6.92 Å². The van der Waals surface area contributed by atoms with Crippen LogP contribution < -0.4 is 0 Å². The minimum absolute atomic E-state index is 0.0950. The van der Waals surface area contributed by atoms with Crippen molar-refractivity contribution in [3.8, 4) is 0 Å². The van der Waals surface area contributed by atoms with E-state index in [4.69, 9.17) is 33.4 Å². The smallest absolute Gasteiger partial charge is 0.331 e. The molecule has 2 unspecified atom stereocenters. The first-order chi connectivity index (χ1) is 7.30. The zero-order valence-corrected chi connectivity index (χ0v) is 9.87. The summed E-state index contributed by atoms with van der Waals surface area (Å²) in [5.41, 5.74) is -1.50. The SMILES string of the molecule is CC1(C(=O)O)C=CC=C(C(=O)O)C1C(Cl)Cl. The van der Waals surface area contributed by atoms with Gasteiger partial charge in [0.15, 0.2) is 0 Å². The van der Waals surface area contributed by atoms with Gasteiger partial charge in [-0.1, -0.05) is 18.2 Å². The Labute approximate surface area is 102 Å². The number of halogens is 2. The number of hydrogen-bond donors (Lipinski definition) is 2. The van der Waals surface area contributed by atoms with Gasteiger partial charge in [-0.25, -0.2) is 4.79 Å². The summed E-state index contributed by atoms with van der Waals surface area (Å²) in [6, 6.07) is 0. The molecule has 1 aliphatic carbocycles. The maximum atomic E-state index is 11.2. The molecule has 0 amide bonds. The van der Waals surface area contributed by atoms with Gasteiger partial charge in [-0.3, -0.25) is 4.79 Å². The maximum absolute atomic E-state index is 11.2. The molecule has 2 N–H and O–H groups in total. The second-order valence-corrected chi connectivity index (χ2v) is 4.85. The minimum Gasteiger partial charge on any atom is -0.481 e. The summed E-state index contributed by atoms with van der Waals surface area (Å²) in [4.78, 5) is 21.0. The van der Waals surface area contributed by atoms with Crippen molar-refractivity contribution in [2.24, 2.45) is 11.3 Å². The van der Waals surface area contributed by atoms with E-state index in [1.54, 1.807) is 0 Å². The summed E-state index contributed by atoms with van der Waals surface area (Å²) in [5, 5.41) is 18.1. The van der Waals surface area contributed by atoms with Crippen LogP contribution in [0.3, 0.4) is 0 Å². The summed E-state index contributed by atoms with van der Waals surface area (Å²) >= 11 is 11.4. The van der Waals surface area contributed by atoms with Crippen molar-refractivity contribution in [1.82, 2.24) is 0 Å². The van der Waals surface area contributed by atoms with E-state index in [1.165, 1.54) is 25.2 Å². The molecular weight excluding hydrogens is 255 g/mol. The van der Waals surface area contributed by atoms with E-state index in [0.717, 1.165) is 0 Å². The number of carboxylic acid groups (broad SMARTS) is 2. The predicted molar refractivity (Wildman–Crippen MR) is 59.6 cm³/mol. The minimum atomic E-state index is -1.41. The molecule has 2 atom stereocenters. The van der Waals surface area contributed by atoms with Gasteiger partial charge in [0.1, 0.15) is 4.84 Å². The molecule has 0 fully saturated rings. The molecule has 0 aromatic heterocycles. The van der Waals surface area contributed by atoms with E-state index < -0.39 is 28.1 Å². The van der Waals surface area contributed by atoms with E-state index in [-0.39, 0.29) is 5.57 Å². The monoisotopic (exact) mass is 264 g/mol. The molecule has 0 saturated carbocycles. The maximum Gasteiger partial charge on any atom is 0.331 e. The van der Waals surface area contributed by atoms with E-state index in [0.29, 0.717) is 0 Å². The van der Waals surface area contributed by atoms with Crippen LogP contribution in [-0.4, -0.2) is 27.0 Å². The first-order valence-corrected chi connectivity index (χ1v) is 5.32. The molecule has 0 saturated heterocycles. The van der Waals surface area contributed by atoms with Gasteiger partial charge in [0.25, 0.3) is 0 Å². The third-order valence-electron chi connectivity index (χ3n) is 2.66. The van der Waals surface area contributed by atoms with Crippen LogP contribution in [0, 0.1) is 11.3 Å². The molecule has 0 aliphatic heterocycles. The molecule has 1 aliphatic rings. The fourth-order valence-corrected chi connectivity index (χ4v) is 2.48. The number of hydrogen-bond acceptors (Lipinski definition) is 2. The number of allylic oxidation sites excluding steroid dienone is 2. The molecule has 88 valence electrons. The Bertz CT molecular complexity index is 386. The van der Waals surface area contributed by atoms with Gasteiger partial charge < -0.3 is 10.2 Å². The van der Waals surface area contributed by atoms with Crippen molar-refractivity contribution < 1.29 is 19.8 Å². The van der Waals surface area contributed by atoms with Gasteiger partial charge >= 0.3 is 11.9 Å². The van der Waals surface area contributed by atoms with Crippen molar-refractivity contribution in [3.05, 3.63) is 23.8 Å². The highest BCUT2D eigenvalue weighted by molar-refractivity contribution is 6.45. The van der Waals surface area contributed by atoms with Crippen LogP contribution in [0.4, 0.5) is 0 Å². The molecular formula is C10H10Cl2O4.